The van der Waals surface area contributed by atoms with Gasteiger partial charge in [-0.15, -0.1) is 0 Å². The number of halogens is 1. The van der Waals surface area contributed by atoms with Crippen molar-refractivity contribution in [1.29, 1.82) is 0 Å². The van der Waals surface area contributed by atoms with Crippen molar-refractivity contribution in [3.05, 3.63) is 29.3 Å². The van der Waals surface area contributed by atoms with Crippen LogP contribution in [0, 0.1) is 5.92 Å². The van der Waals surface area contributed by atoms with E-state index < -0.39 is 0 Å². The number of anilines is 1. The van der Waals surface area contributed by atoms with Crippen LogP contribution in [-0.4, -0.2) is 62.7 Å². The lowest BCUT2D eigenvalue weighted by atomic mass is 9.96. The number of piperidine rings is 1. The van der Waals surface area contributed by atoms with Crippen molar-refractivity contribution in [1.82, 2.24) is 9.80 Å². The van der Waals surface area contributed by atoms with Crippen LogP contribution in [0.1, 0.15) is 12.8 Å². The molecule has 0 aromatic heterocycles. The molecule has 0 atom stereocenters. The topological polar surface area (TPSA) is 9.72 Å². The van der Waals surface area contributed by atoms with Crippen LogP contribution in [0.15, 0.2) is 24.3 Å². The van der Waals surface area contributed by atoms with E-state index in [9.17, 15) is 0 Å². The third-order valence-corrected chi connectivity index (χ3v) is 5.17. The monoisotopic (exact) mass is 307 g/mol. The average Bonchev–Trinajstić information content (AvgIpc) is 2.51. The molecule has 0 saturated carbocycles. The van der Waals surface area contributed by atoms with Crippen LogP contribution in [0.4, 0.5) is 5.69 Å². The summed E-state index contributed by atoms with van der Waals surface area (Å²) in [4.78, 5) is 7.58. The normalized spacial score (nSPS) is 22.7. The molecule has 2 aliphatic heterocycles. The van der Waals surface area contributed by atoms with Gasteiger partial charge in [-0.25, -0.2) is 0 Å². The lowest BCUT2D eigenvalue weighted by Gasteiger charge is -2.39. The van der Waals surface area contributed by atoms with Gasteiger partial charge in [0.15, 0.2) is 0 Å². The van der Waals surface area contributed by atoms with Crippen molar-refractivity contribution in [2.45, 2.75) is 12.8 Å². The molecule has 4 heteroatoms. The van der Waals surface area contributed by atoms with Gasteiger partial charge in [-0.2, -0.15) is 0 Å². The van der Waals surface area contributed by atoms with Crippen molar-refractivity contribution in [2.24, 2.45) is 5.92 Å². The van der Waals surface area contributed by atoms with Crippen LogP contribution in [0.3, 0.4) is 0 Å². The first-order valence-electron chi connectivity index (χ1n) is 8.12. The van der Waals surface area contributed by atoms with Gasteiger partial charge in [0.25, 0.3) is 0 Å². The number of likely N-dealkylation sites (tertiary alicyclic amines) is 1. The number of benzene rings is 1. The molecule has 3 nitrogen and oxygen atoms in total. The highest BCUT2D eigenvalue weighted by atomic mass is 35.5. The second kappa shape index (κ2) is 6.99. The van der Waals surface area contributed by atoms with Crippen molar-refractivity contribution in [2.75, 3.05) is 57.8 Å². The Morgan fingerprint density at radius 3 is 2.19 bits per heavy atom. The largest absolute Gasteiger partial charge is 0.369 e. The maximum Gasteiger partial charge on any atom is 0.0407 e. The van der Waals surface area contributed by atoms with E-state index in [4.69, 9.17) is 11.6 Å². The van der Waals surface area contributed by atoms with Crippen molar-refractivity contribution < 1.29 is 0 Å². The standard InChI is InChI=1S/C17H26ClN3/c1-19-8-6-15(7-9-19)14-20-10-12-21(13-11-20)17-4-2-16(18)3-5-17/h2-5,15H,6-14H2,1H3. The zero-order chi connectivity index (χ0) is 14.7. The summed E-state index contributed by atoms with van der Waals surface area (Å²) in [7, 11) is 2.24. The Bertz CT molecular complexity index is 432. The molecule has 0 spiro atoms. The summed E-state index contributed by atoms with van der Waals surface area (Å²) < 4.78 is 0. The summed E-state index contributed by atoms with van der Waals surface area (Å²) in [5, 5.41) is 0.819. The molecule has 0 bridgehead atoms. The first-order valence-corrected chi connectivity index (χ1v) is 8.50. The number of nitrogens with zero attached hydrogens (tertiary/aromatic N) is 3. The lowest BCUT2D eigenvalue weighted by molar-refractivity contribution is 0.155. The third-order valence-electron chi connectivity index (χ3n) is 4.92. The predicted molar refractivity (Wildman–Crippen MR) is 90.3 cm³/mol. The van der Waals surface area contributed by atoms with E-state index in [1.807, 2.05) is 12.1 Å². The molecule has 21 heavy (non-hydrogen) atoms. The summed E-state index contributed by atoms with van der Waals surface area (Å²) in [6, 6.07) is 8.24. The van der Waals surface area contributed by atoms with Crippen LogP contribution in [0.25, 0.3) is 0 Å². The van der Waals surface area contributed by atoms with Crippen LogP contribution in [0.2, 0.25) is 5.02 Å². The SMILES string of the molecule is CN1CCC(CN2CCN(c3ccc(Cl)cc3)CC2)CC1. The maximum atomic E-state index is 5.96. The minimum absolute atomic E-state index is 0.819. The quantitative estimate of drug-likeness (QED) is 0.850. The molecule has 0 radical (unpaired) electrons. The number of rotatable bonds is 3. The molecule has 1 aromatic rings. The Labute approximate surface area is 133 Å². The highest BCUT2D eigenvalue weighted by Crippen LogP contribution is 2.21. The molecule has 0 unspecified atom stereocenters. The van der Waals surface area contributed by atoms with Crippen LogP contribution >= 0.6 is 11.6 Å². The van der Waals surface area contributed by atoms with Crippen LogP contribution in [-0.2, 0) is 0 Å². The second-order valence-corrected chi connectivity index (χ2v) is 6.95. The Kier molecular flexibility index (Phi) is 5.04. The smallest absolute Gasteiger partial charge is 0.0407 e. The number of hydrogen-bond donors (Lipinski definition) is 0. The highest BCUT2D eigenvalue weighted by Gasteiger charge is 2.22. The van der Waals surface area contributed by atoms with Crippen molar-refractivity contribution in [3.63, 3.8) is 0 Å². The van der Waals surface area contributed by atoms with Gasteiger partial charge in [-0.05, 0) is 63.2 Å². The van der Waals surface area contributed by atoms with Gasteiger partial charge in [0.2, 0.25) is 0 Å². The van der Waals surface area contributed by atoms with Gasteiger partial charge >= 0.3 is 0 Å². The Hall–Kier alpha value is -0.770. The van der Waals surface area contributed by atoms with E-state index >= 15 is 0 Å². The van der Waals surface area contributed by atoms with Gasteiger partial charge in [0.05, 0.1) is 0 Å². The Balaban J connectivity index is 1.45. The molecule has 2 aliphatic rings. The molecule has 2 fully saturated rings. The summed E-state index contributed by atoms with van der Waals surface area (Å²) >= 11 is 5.96. The molecule has 0 amide bonds. The fourth-order valence-electron chi connectivity index (χ4n) is 3.45. The molecule has 2 saturated heterocycles. The number of piperazine rings is 1. The van der Waals surface area contributed by atoms with E-state index in [1.54, 1.807) is 0 Å². The van der Waals surface area contributed by atoms with E-state index in [-0.39, 0.29) is 0 Å². The van der Waals surface area contributed by atoms with Gasteiger partial charge in [0, 0.05) is 43.4 Å². The predicted octanol–water partition coefficient (Wildman–Crippen LogP) is 2.80. The summed E-state index contributed by atoms with van der Waals surface area (Å²) in [6.45, 7) is 8.49. The molecular weight excluding hydrogens is 282 g/mol. The van der Waals surface area contributed by atoms with Crippen molar-refractivity contribution >= 4 is 17.3 Å². The highest BCUT2D eigenvalue weighted by molar-refractivity contribution is 6.30. The molecule has 0 N–H and O–H groups in total. The van der Waals surface area contributed by atoms with Gasteiger partial charge in [-0.1, -0.05) is 11.6 Å². The fraction of sp³-hybridized carbons (Fsp3) is 0.647. The van der Waals surface area contributed by atoms with Gasteiger partial charge in [0.1, 0.15) is 0 Å². The van der Waals surface area contributed by atoms with E-state index in [2.05, 4.69) is 33.9 Å². The Morgan fingerprint density at radius 1 is 0.952 bits per heavy atom. The summed E-state index contributed by atoms with van der Waals surface area (Å²) in [6.07, 6.45) is 2.74. The molecular formula is C17H26ClN3. The van der Waals surface area contributed by atoms with Crippen LogP contribution < -0.4 is 4.90 Å². The molecule has 2 heterocycles. The summed E-state index contributed by atoms with van der Waals surface area (Å²) in [5.74, 6) is 0.906. The fourth-order valence-corrected chi connectivity index (χ4v) is 3.58. The van der Waals surface area contributed by atoms with Gasteiger partial charge < -0.3 is 9.80 Å². The maximum absolute atomic E-state index is 5.96. The van der Waals surface area contributed by atoms with E-state index in [1.165, 1.54) is 51.3 Å². The minimum atomic E-state index is 0.819. The summed E-state index contributed by atoms with van der Waals surface area (Å²) in [5.41, 5.74) is 1.30. The first-order chi connectivity index (χ1) is 10.2. The molecule has 3 rings (SSSR count). The van der Waals surface area contributed by atoms with Crippen LogP contribution in [0.5, 0.6) is 0 Å². The van der Waals surface area contributed by atoms with Gasteiger partial charge in [-0.3, -0.25) is 4.90 Å². The Morgan fingerprint density at radius 2 is 1.57 bits per heavy atom. The molecule has 1 aromatic carbocycles. The average molecular weight is 308 g/mol. The van der Waals surface area contributed by atoms with E-state index in [0.717, 1.165) is 24.0 Å². The third kappa shape index (κ3) is 4.12. The van der Waals surface area contributed by atoms with Crippen molar-refractivity contribution in [3.8, 4) is 0 Å². The molecule has 116 valence electrons. The second-order valence-electron chi connectivity index (χ2n) is 6.51. The number of hydrogen-bond acceptors (Lipinski definition) is 3. The lowest BCUT2D eigenvalue weighted by Crippen LogP contribution is -2.48. The van der Waals surface area contributed by atoms with E-state index in [0.29, 0.717) is 0 Å². The first kappa shape index (κ1) is 15.1. The zero-order valence-corrected chi connectivity index (χ0v) is 13.7. The minimum Gasteiger partial charge on any atom is -0.369 e. The molecule has 0 aliphatic carbocycles. The zero-order valence-electron chi connectivity index (χ0n) is 13.0.